The van der Waals surface area contributed by atoms with Gasteiger partial charge in [0.2, 0.25) is 11.9 Å². The summed E-state index contributed by atoms with van der Waals surface area (Å²) in [6.07, 6.45) is 4.84. The number of nitrogens with one attached hydrogen (secondary N) is 3. The van der Waals surface area contributed by atoms with Crippen LogP contribution in [0.15, 0.2) is 48.4 Å². The third kappa shape index (κ3) is 6.05. The van der Waals surface area contributed by atoms with Gasteiger partial charge in [-0.3, -0.25) is 14.9 Å². The normalized spacial score (nSPS) is 19.1. The molecular weight excluding hydrogens is 470 g/mol. The van der Waals surface area contributed by atoms with Crippen LogP contribution in [0.1, 0.15) is 74.7 Å². The zero-order valence-corrected chi connectivity index (χ0v) is 22.5. The van der Waals surface area contributed by atoms with Gasteiger partial charge in [0.25, 0.3) is 5.91 Å². The van der Waals surface area contributed by atoms with Gasteiger partial charge in [0.1, 0.15) is 0 Å². The minimum Gasteiger partial charge on any atom is -0.350 e. The maximum atomic E-state index is 12.9. The first-order valence-corrected chi connectivity index (χ1v) is 13.6. The van der Waals surface area contributed by atoms with Crippen molar-refractivity contribution < 1.29 is 9.59 Å². The molecule has 192 valence electrons. The second-order valence-corrected chi connectivity index (χ2v) is 11.7. The van der Waals surface area contributed by atoms with E-state index in [0.29, 0.717) is 16.9 Å². The summed E-state index contributed by atoms with van der Waals surface area (Å²) >= 11 is 1.41. The van der Waals surface area contributed by atoms with Gasteiger partial charge in [0.05, 0.1) is 15.9 Å². The minimum atomic E-state index is -0.144. The van der Waals surface area contributed by atoms with Gasteiger partial charge in [0.15, 0.2) is 0 Å². The van der Waals surface area contributed by atoms with E-state index >= 15 is 0 Å². The number of fused-ring (bicyclic) bond motifs is 1. The van der Waals surface area contributed by atoms with Crippen LogP contribution in [0.2, 0.25) is 0 Å². The maximum absolute atomic E-state index is 12.9. The van der Waals surface area contributed by atoms with E-state index < -0.39 is 0 Å². The summed E-state index contributed by atoms with van der Waals surface area (Å²) in [6.45, 7) is 13.2. The van der Waals surface area contributed by atoms with Gasteiger partial charge < -0.3 is 15.2 Å². The first kappa shape index (κ1) is 26.1. The van der Waals surface area contributed by atoms with Gasteiger partial charge in [-0.15, -0.1) is 11.3 Å². The first-order chi connectivity index (χ1) is 17.2. The Bertz CT molecular complexity index is 1220. The number of carbonyl (C=O) groups excluding carboxylic acids is 2. The Hall–Kier alpha value is -2.97. The van der Waals surface area contributed by atoms with Crippen molar-refractivity contribution in [1.82, 2.24) is 20.2 Å². The molecule has 0 spiro atoms. The average Bonchev–Trinajstić information content (AvgIpc) is 3.50. The molecule has 1 saturated carbocycles. The fourth-order valence-electron chi connectivity index (χ4n) is 4.60. The maximum Gasteiger partial charge on any atom is 0.268 e. The number of amides is 2. The highest BCUT2D eigenvalue weighted by Gasteiger charge is 2.27. The molecule has 1 fully saturated rings. The lowest BCUT2D eigenvalue weighted by molar-refractivity contribution is -0.117. The van der Waals surface area contributed by atoms with Crippen molar-refractivity contribution in [3.8, 4) is 0 Å². The van der Waals surface area contributed by atoms with Crippen molar-refractivity contribution in [2.45, 2.75) is 78.0 Å². The molecule has 3 aromatic rings. The predicted molar refractivity (Wildman–Crippen MR) is 147 cm³/mol. The number of hydrogen-bond acceptors (Lipinski definition) is 5. The number of carbonyl (C=O) groups is 2. The number of hydrogen-bond donors (Lipinski definition) is 3. The molecule has 8 heteroatoms. The van der Waals surface area contributed by atoms with Crippen molar-refractivity contribution in [3.63, 3.8) is 0 Å². The van der Waals surface area contributed by atoms with Crippen LogP contribution in [0.5, 0.6) is 0 Å². The van der Waals surface area contributed by atoms with Crippen molar-refractivity contribution in [1.29, 1.82) is 0 Å². The lowest BCUT2D eigenvalue weighted by atomic mass is 9.88. The molecule has 7 nitrogen and oxygen atoms in total. The number of aromatic nitrogens is 2. The van der Waals surface area contributed by atoms with E-state index in [9.17, 15) is 9.59 Å². The number of thiophene rings is 1. The van der Waals surface area contributed by atoms with E-state index in [0.717, 1.165) is 48.8 Å². The Kier molecular flexibility index (Phi) is 7.95. The molecule has 0 unspecified atom stereocenters. The summed E-state index contributed by atoms with van der Waals surface area (Å²) in [6, 6.07) is 10.8. The van der Waals surface area contributed by atoms with Gasteiger partial charge >= 0.3 is 0 Å². The van der Waals surface area contributed by atoms with E-state index in [1.807, 2.05) is 17.5 Å². The van der Waals surface area contributed by atoms with Gasteiger partial charge in [-0.2, -0.15) is 0 Å². The fraction of sp³-hybridized carbons (Fsp3) is 0.464. The zero-order valence-electron chi connectivity index (χ0n) is 21.6. The summed E-state index contributed by atoms with van der Waals surface area (Å²) < 4.78 is 2.18. The van der Waals surface area contributed by atoms with Crippen LogP contribution in [0.3, 0.4) is 0 Å². The van der Waals surface area contributed by atoms with E-state index in [1.54, 1.807) is 0 Å². The number of rotatable bonds is 8. The molecule has 36 heavy (non-hydrogen) atoms. The van der Waals surface area contributed by atoms with Crippen molar-refractivity contribution in [2.75, 3.05) is 5.32 Å². The molecule has 2 heterocycles. The van der Waals surface area contributed by atoms with Crippen molar-refractivity contribution in [2.24, 2.45) is 5.41 Å². The topological polar surface area (TPSA) is 88.1 Å². The molecule has 0 aliphatic heterocycles. The monoisotopic (exact) mass is 507 g/mol. The highest BCUT2D eigenvalue weighted by molar-refractivity contribution is 7.12. The Labute approximate surface area is 217 Å². The molecule has 2 amide bonds. The fourth-order valence-corrected chi connectivity index (χ4v) is 5.22. The highest BCUT2D eigenvalue weighted by atomic mass is 32.1. The van der Waals surface area contributed by atoms with Gasteiger partial charge in [-0.25, -0.2) is 4.98 Å². The second-order valence-electron chi connectivity index (χ2n) is 10.7. The predicted octanol–water partition coefficient (Wildman–Crippen LogP) is 5.66. The second kappa shape index (κ2) is 11.0. The number of benzene rings is 1. The molecule has 1 atom stereocenters. The lowest BCUT2D eigenvalue weighted by Crippen LogP contribution is -2.37. The van der Waals surface area contributed by atoms with Crippen LogP contribution in [0.4, 0.5) is 5.95 Å². The Morgan fingerprint density at radius 3 is 2.61 bits per heavy atom. The standard InChI is InChI=1S/C28H37N5O2S/c1-6-25(34)30-20-10-12-21(13-11-20)33-23-14-9-19(17-29-18(2)28(3,4)5)16-22(23)31-27(33)32-26(35)24-8-7-15-36-24/h6-9,14-16,18,20-21,29H,1,10-13,17H2,2-5H3,(H,30,34)(H,31,32,35)/t18-,20?,21?/m0/s1. The Morgan fingerprint density at radius 2 is 1.97 bits per heavy atom. The summed E-state index contributed by atoms with van der Waals surface area (Å²) in [5.41, 5.74) is 3.23. The van der Waals surface area contributed by atoms with Crippen LogP contribution < -0.4 is 16.0 Å². The van der Waals surface area contributed by atoms with E-state index in [4.69, 9.17) is 4.98 Å². The van der Waals surface area contributed by atoms with Crippen LogP contribution in [0.25, 0.3) is 11.0 Å². The highest BCUT2D eigenvalue weighted by Crippen LogP contribution is 2.35. The minimum absolute atomic E-state index is 0.127. The third-order valence-corrected chi connectivity index (χ3v) is 8.10. The molecule has 3 N–H and O–H groups in total. The van der Waals surface area contributed by atoms with Gasteiger partial charge in [-0.1, -0.05) is 39.5 Å². The third-order valence-electron chi connectivity index (χ3n) is 7.23. The van der Waals surface area contributed by atoms with Gasteiger partial charge in [0, 0.05) is 24.7 Å². The van der Waals surface area contributed by atoms with Crippen molar-refractivity contribution >= 4 is 40.1 Å². The molecule has 1 aromatic carbocycles. The number of anilines is 1. The zero-order chi connectivity index (χ0) is 25.9. The molecule has 2 aromatic heterocycles. The SMILES string of the molecule is C=CC(=O)NC1CCC(n2c(NC(=O)c3cccs3)nc3cc(CN[C@@H](C)C(C)(C)C)ccc32)CC1. The lowest BCUT2D eigenvalue weighted by Gasteiger charge is -2.31. The first-order valence-electron chi connectivity index (χ1n) is 12.7. The Balaban J connectivity index is 1.59. The summed E-state index contributed by atoms with van der Waals surface area (Å²) in [5.74, 6) is 0.307. The molecule has 4 rings (SSSR count). The molecule has 1 aliphatic rings. The van der Waals surface area contributed by atoms with Crippen LogP contribution in [-0.2, 0) is 11.3 Å². The molecule has 1 aliphatic carbocycles. The average molecular weight is 508 g/mol. The Morgan fingerprint density at radius 1 is 1.22 bits per heavy atom. The molecular formula is C28H37N5O2S. The molecule has 0 saturated heterocycles. The smallest absolute Gasteiger partial charge is 0.268 e. The van der Waals surface area contributed by atoms with Crippen molar-refractivity contribution in [3.05, 3.63) is 58.8 Å². The largest absolute Gasteiger partial charge is 0.350 e. The summed E-state index contributed by atoms with van der Waals surface area (Å²) in [5, 5.41) is 11.6. The van der Waals surface area contributed by atoms with Crippen LogP contribution in [0, 0.1) is 5.41 Å². The van der Waals surface area contributed by atoms with Gasteiger partial charge in [-0.05, 0) is 73.2 Å². The number of imidazole rings is 1. The molecule has 0 bridgehead atoms. The van der Waals surface area contributed by atoms with Crippen LogP contribution in [-0.4, -0.2) is 33.4 Å². The van der Waals surface area contributed by atoms with E-state index in [1.165, 1.54) is 17.4 Å². The molecule has 0 radical (unpaired) electrons. The van der Waals surface area contributed by atoms with E-state index in [-0.39, 0.29) is 29.3 Å². The van der Waals surface area contributed by atoms with E-state index in [2.05, 4.69) is 73.0 Å². The van der Waals surface area contributed by atoms with Crippen LogP contribution >= 0.6 is 11.3 Å². The number of nitrogens with zero attached hydrogens (tertiary/aromatic N) is 2. The quantitative estimate of drug-likeness (QED) is 0.343. The summed E-state index contributed by atoms with van der Waals surface area (Å²) in [4.78, 5) is 30.2. The summed E-state index contributed by atoms with van der Waals surface area (Å²) in [7, 11) is 0.